The Morgan fingerprint density at radius 3 is 2.70 bits per heavy atom. The first-order valence-corrected chi connectivity index (χ1v) is 14.8. The molecule has 4 heterocycles. The summed E-state index contributed by atoms with van der Waals surface area (Å²) in [6.45, 7) is 9.37. The number of aromatic nitrogens is 4. The Kier molecular flexibility index (Phi) is 6.69. The Hall–Kier alpha value is -4.63. The minimum atomic E-state index is -0.361. The number of rotatable bonds is 5. The van der Waals surface area contributed by atoms with Crippen LogP contribution < -0.4 is 15.3 Å². The van der Waals surface area contributed by atoms with Gasteiger partial charge in [-0.2, -0.15) is 10.1 Å². The molecule has 2 aromatic heterocycles. The molecule has 2 aliphatic heterocycles. The van der Waals surface area contributed by atoms with Gasteiger partial charge in [0.1, 0.15) is 12.4 Å². The van der Waals surface area contributed by atoms with Gasteiger partial charge in [0.2, 0.25) is 5.91 Å². The lowest BCUT2D eigenvalue weighted by molar-refractivity contribution is -0.128. The highest BCUT2D eigenvalue weighted by molar-refractivity contribution is 6.35. The number of halogens is 1. The standard InChI is InChI=1S/C33H31ClN6O3/c1-4-28(41)38-16-21(3)39(17-20(38)2)32-26-15-27(34)29(25-12-7-10-22-9-5-6-11-24(22)25)31-30(26)40(33(42)36-32)23(19-43-31)18-37-14-8-13-35-37/h4-15,20-21,23H,1,16-19H2,2-3H3/t20-,21+,23-/m1/s1. The van der Waals surface area contributed by atoms with Crippen LogP contribution in [0, 0.1) is 0 Å². The molecule has 2 aliphatic rings. The Morgan fingerprint density at radius 2 is 1.91 bits per heavy atom. The Bertz CT molecular complexity index is 1950. The molecule has 10 heteroatoms. The molecule has 0 aliphatic carbocycles. The summed E-state index contributed by atoms with van der Waals surface area (Å²) in [4.78, 5) is 35.2. The number of carbonyl (C=O) groups is 1. The maximum atomic E-state index is 14.0. The third-order valence-electron chi connectivity index (χ3n) is 8.61. The van der Waals surface area contributed by atoms with Crippen molar-refractivity contribution in [2.75, 3.05) is 24.6 Å². The molecule has 218 valence electrons. The summed E-state index contributed by atoms with van der Waals surface area (Å²) in [5, 5.41) is 7.74. The van der Waals surface area contributed by atoms with E-state index in [2.05, 4.69) is 39.8 Å². The van der Waals surface area contributed by atoms with E-state index in [0.717, 1.165) is 27.3 Å². The maximum absolute atomic E-state index is 14.0. The molecule has 0 saturated carbocycles. The molecule has 0 bridgehead atoms. The maximum Gasteiger partial charge on any atom is 0.350 e. The molecule has 1 amide bonds. The quantitative estimate of drug-likeness (QED) is 0.256. The summed E-state index contributed by atoms with van der Waals surface area (Å²) < 4.78 is 10.1. The van der Waals surface area contributed by atoms with Crippen LogP contribution in [-0.2, 0) is 11.3 Å². The van der Waals surface area contributed by atoms with Gasteiger partial charge >= 0.3 is 5.69 Å². The van der Waals surface area contributed by atoms with E-state index in [1.807, 2.05) is 56.4 Å². The fraction of sp³-hybridized carbons (Fsp3) is 0.273. The lowest BCUT2D eigenvalue weighted by Crippen LogP contribution is -2.58. The Morgan fingerprint density at radius 1 is 1.09 bits per heavy atom. The van der Waals surface area contributed by atoms with Crippen molar-refractivity contribution < 1.29 is 9.53 Å². The molecule has 3 aromatic carbocycles. The molecular formula is C33H31ClN6O3. The predicted molar refractivity (Wildman–Crippen MR) is 169 cm³/mol. The van der Waals surface area contributed by atoms with Crippen molar-refractivity contribution in [1.29, 1.82) is 0 Å². The van der Waals surface area contributed by atoms with Gasteiger partial charge in [0, 0.05) is 48.5 Å². The van der Waals surface area contributed by atoms with E-state index in [1.165, 1.54) is 6.08 Å². The number of nitrogens with zero attached hydrogens (tertiary/aromatic N) is 6. The van der Waals surface area contributed by atoms with Gasteiger partial charge in [-0.15, -0.1) is 0 Å². The number of piperazine rings is 1. The average Bonchev–Trinajstić information content (AvgIpc) is 3.53. The zero-order valence-electron chi connectivity index (χ0n) is 24.0. The van der Waals surface area contributed by atoms with Gasteiger partial charge < -0.3 is 14.5 Å². The van der Waals surface area contributed by atoms with Gasteiger partial charge in [0.15, 0.2) is 5.75 Å². The number of benzene rings is 3. The molecule has 0 N–H and O–H groups in total. The van der Waals surface area contributed by atoms with E-state index < -0.39 is 0 Å². The minimum absolute atomic E-state index is 0.102. The fourth-order valence-corrected chi connectivity index (χ4v) is 6.87. The monoisotopic (exact) mass is 594 g/mol. The van der Waals surface area contributed by atoms with Crippen molar-refractivity contribution in [3.63, 3.8) is 0 Å². The summed E-state index contributed by atoms with van der Waals surface area (Å²) in [7, 11) is 0. The van der Waals surface area contributed by atoms with Crippen LogP contribution in [0.1, 0.15) is 19.9 Å². The predicted octanol–water partition coefficient (Wildman–Crippen LogP) is 5.31. The van der Waals surface area contributed by atoms with Crippen molar-refractivity contribution >= 4 is 45.0 Å². The van der Waals surface area contributed by atoms with Crippen LogP contribution in [-0.4, -0.2) is 61.9 Å². The molecule has 5 aromatic rings. The van der Waals surface area contributed by atoms with Gasteiger partial charge in [-0.05, 0) is 48.4 Å². The van der Waals surface area contributed by atoms with E-state index in [4.69, 9.17) is 16.3 Å². The number of ether oxygens (including phenoxy) is 1. The smallest absolute Gasteiger partial charge is 0.350 e. The summed E-state index contributed by atoms with van der Waals surface area (Å²) in [6, 6.07) is 17.5. The van der Waals surface area contributed by atoms with E-state index >= 15 is 0 Å². The van der Waals surface area contributed by atoms with Crippen molar-refractivity contribution in [2.45, 2.75) is 38.5 Å². The number of anilines is 1. The van der Waals surface area contributed by atoms with Crippen molar-refractivity contribution in [3.8, 4) is 16.9 Å². The van der Waals surface area contributed by atoms with Gasteiger partial charge in [0.05, 0.1) is 23.1 Å². The zero-order chi connectivity index (χ0) is 29.8. The fourth-order valence-electron chi connectivity index (χ4n) is 6.58. The van der Waals surface area contributed by atoms with Crippen LogP contribution in [0.4, 0.5) is 5.82 Å². The third kappa shape index (κ3) is 4.46. The number of carbonyl (C=O) groups excluding carboxylic acids is 1. The lowest BCUT2D eigenvalue weighted by Gasteiger charge is -2.45. The van der Waals surface area contributed by atoms with Crippen LogP contribution in [0.2, 0.25) is 5.02 Å². The SMILES string of the molecule is C=CC(=O)N1C[C@H](C)N(c2nc(=O)n3c4c(c(-c5cccc6ccccc56)c(Cl)cc24)OC[C@H]3Cn2cccn2)C[C@H]1C. The second kappa shape index (κ2) is 10.6. The van der Waals surface area contributed by atoms with Crippen LogP contribution in [0.25, 0.3) is 32.8 Å². The number of hydrogen-bond acceptors (Lipinski definition) is 6. The highest BCUT2D eigenvalue weighted by Gasteiger charge is 2.36. The van der Waals surface area contributed by atoms with Gasteiger partial charge in [-0.1, -0.05) is 60.6 Å². The average molecular weight is 595 g/mol. The molecule has 9 nitrogen and oxygen atoms in total. The highest BCUT2D eigenvalue weighted by Crippen LogP contribution is 2.48. The Labute approximate surface area is 253 Å². The number of amides is 1. The zero-order valence-corrected chi connectivity index (χ0v) is 24.7. The van der Waals surface area contributed by atoms with Gasteiger partial charge in [-0.3, -0.25) is 14.0 Å². The number of hydrogen-bond donors (Lipinski definition) is 0. The molecule has 0 spiro atoms. The Balaban J connectivity index is 1.47. The topological polar surface area (TPSA) is 85.5 Å². The molecule has 0 unspecified atom stereocenters. The van der Waals surface area contributed by atoms with Gasteiger partial charge in [0.25, 0.3) is 0 Å². The van der Waals surface area contributed by atoms with Crippen molar-refractivity contribution in [1.82, 2.24) is 24.2 Å². The van der Waals surface area contributed by atoms with E-state index in [9.17, 15) is 9.59 Å². The summed E-state index contributed by atoms with van der Waals surface area (Å²) in [6.07, 6.45) is 4.93. The first kappa shape index (κ1) is 27.2. The van der Waals surface area contributed by atoms with Crippen LogP contribution in [0.3, 0.4) is 0 Å². The molecule has 7 rings (SSSR count). The van der Waals surface area contributed by atoms with E-state index in [0.29, 0.717) is 41.7 Å². The van der Waals surface area contributed by atoms with Crippen LogP contribution in [0.15, 0.2) is 84.4 Å². The second-order valence-corrected chi connectivity index (χ2v) is 11.7. The van der Waals surface area contributed by atoms with Crippen LogP contribution in [0.5, 0.6) is 5.75 Å². The van der Waals surface area contributed by atoms with Crippen molar-refractivity contribution in [2.24, 2.45) is 0 Å². The summed E-state index contributed by atoms with van der Waals surface area (Å²) in [5.74, 6) is 0.997. The normalized spacial score (nSPS) is 19.9. The second-order valence-electron chi connectivity index (χ2n) is 11.3. The van der Waals surface area contributed by atoms with E-state index in [1.54, 1.807) is 20.3 Å². The number of fused-ring (bicyclic) bond motifs is 1. The molecule has 1 fully saturated rings. The van der Waals surface area contributed by atoms with Crippen LogP contribution >= 0.6 is 11.6 Å². The molecular weight excluding hydrogens is 564 g/mol. The molecule has 43 heavy (non-hydrogen) atoms. The largest absolute Gasteiger partial charge is 0.488 e. The lowest BCUT2D eigenvalue weighted by atomic mass is 9.95. The molecule has 3 atom stereocenters. The molecule has 0 radical (unpaired) electrons. The van der Waals surface area contributed by atoms with E-state index in [-0.39, 0.29) is 36.3 Å². The highest BCUT2D eigenvalue weighted by atomic mass is 35.5. The summed E-state index contributed by atoms with van der Waals surface area (Å²) in [5.41, 5.74) is 1.98. The molecule has 1 saturated heterocycles. The van der Waals surface area contributed by atoms with Gasteiger partial charge in [-0.25, -0.2) is 4.79 Å². The minimum Gasteiger partial charge on any atom is -0.488 e. The summed E-state index contributed by atoms with van der Waals surface area (Å²) >= 11 is 7.16. The first-order valence-electron chi connectivity index (χ1n) is 14.4. The third-order valence-corrected chi connectivity index (χ3v) is 8.91. The van der Waals surface area contributed by atoms with Crippen molar-refractivity contribution in [3.05, 3.63) is 95.2 Å². The first-order chi connectivity index (χ1) is 20.9.